The molecule has 41 valence electrons. The second kappa shape index (κ2) is 2.07. The largest absolute Gasteiger partial charge is 0.325 e. The lowest BCUT2D eigenvalue weighted by atomic mass is 10.0. The average molecular weight is 100 g/mol. The molecule has 0 aliphatic heterocycles. The van der Waals surface area contributed by atoms with Crippen LogP contribution in [0.2, 0.25) is 0 Å². The highest BCUT2D eigenvalue weighted by atomic mass is 16.1. The van der Waals surface area contributed by atoms with Crippen molar-refractivity contribution in [3.05, 3.63) is 0 Å². The van der Waals surface area contributed by atoms with Crippen molar-refractivity contribution < 1.29 is 4.79 Å². The van der Waals surface area contributed by atoms with E-state index in [4.69, 9.17) is 5.73 Å². The molecule has 0 heterocycles. The molecule has 0 aliphatic rings. The van der Waals surface area contributed by atoms with Crippen LogP contribution in [0.1, 0.15) is 20.3 Å². The standard InChI is InChI=1S/C5H10NO/c1-5(2,6)3-4-7/h3,6H2,1-2H3. The Kier molecular flexibility index (Phi) is 1.96. The molecule has 0 spiro atoms. The Morgan fingerprint density at radius 2 is 2.14 bits per heavy atom. The molecule has 0 fully saturated rings. The summed E-state index contributed by atoms with van der Waals surface area (Å²) in [6.07, 6.45) is 2.05. The van der Waals surface area contributed by atoms with Crippen LogP contribution in [0.3, 0.4) is 0 Å². The van der Waals surface area contributed by atoms with Crippen LogP contribution < -0.4 is 5.73 Å². The van der Waals surface area contributed by atoms with E-state index in [1.165, 1.54) is 0 Å². The first-order valence-electron chi connectivity index (χ1n) is 2.20. The summed E-state index contributed by atoms with van der Waals surface area (Å²) in [6.45, 7) is 3.58. The first-order chi connectivity index (χ1) is 3.06. The lowest BCUT2D eigenvalue weighted by molar-refractivity contribution is 0.496. The van der Waals surface area contributed by atoms with Crippen molar-refractivity contribution in [3.8, 4) is 0 Å². The zero-order valence-corrected chi connectivity index (χ0v) is 4.69. The van der Waals surface area contributed by atoms with Crippen LogP contribution in [0, 0.1) is 0 Å². The molecule has 0 saturated heterocycles. The van der Waals surface area contributed by atoms with Gasteiger partial charge in [0.15, 0.2) is 6.29 Å². The normalized spacial score (nSPS) is 11.3. The van der Waals surface area contributed by atoms with Gasteiger partial charge in [-0.1, -0.05) is 0 Å². The maximum absolute atomic E-state index is 9.62. The summed E-state index contributed by atoms with van der Waals surface area (Å²) in [5.41, 5.74) is 5.01. The minimum atomic E-state index is -0.373. The molecule has 7 heavy (non-hydrogen) atoms. The first kappa shape index (κ1) is 6.63. The molecule has 0 bridgehead atoms. The Bertz CT molecular complexity index is 63.0. The highest BCUT2D eigenvalue weighted by molar-refractivity contribution is 5.52. The lowest BCUT2D eigenvalue weighted by Gasteiger charge is -2.11. The number of hydrogen-bond donors (Lipinski definition) is 1. The zero-order valence-electron chi connectivity index (χ0n) is 4.69. The van der Waals surface area contributed by atoms with Crippen LogP contribution in [-0.4, -0.2) is 11.8 Å². The molecule has 2 heteroatoms. The minimum absolute atomic E-state index is 0.312. The number of rotatable bonds is 2. The van der Waals surface area contributed by atoms with Crippen molar-refractivity contribution in [1.29, 1.82) is 0 Å². The fourth-order valence-electron chi connectivity index (χ4n) is 0.186. The molecular weight excluding hydrogens is 90.1 g/mol. The van der Waals surface area contributed by atoms with E-state index in [1.807, 2.05) is 0 Å². The molecule has 2 nitrogen and oxygen atoms in total. The van der Waals surface area contributed by atoms with Crippen LogP contribution in [0.4, 0.5) is 0 Å². The summed E-state index contributed by atoms with van der Waals surface area (Å²) in [4.78, 5) is 9.62. The molecule has 2 N–H and O–H groups in total. The molecule has 0 rings (SSSR count). The van der Waals surface area contributed by atoms with Gasteiger partial charge in [-0.25, -0.2) is 0 Å². The van der Waals surface area contributed by atoms with Crippen molar-refractivity contribution in [2.75, 3.05) is 0 Å². The van der Waals surface area contributed by atoms with Gasteiger partial charge < -0.3 is 5.73 Å². The summed E-state index contributed by atoms with van der Waals surface area (Å²) in [5, 5.41) is 0. The van der Waals surface area contributed by atoms with Gasteiger partial charge in [-0.15, -0.1) is 0 Å². The molecule has 0 aliphatic carbocycles. The summed E-state index contributed by atoms with van der Waals surface area (Å²) < 4.78 is 0. The van der Waals surface area contributed by atoms with Gasteiger partial charge in [0.05, 0.1) is 0 Å². The van der Waals surface area contributed by atoms with E-state index in [-0.39, 0.29) is 5.54 Å². The van der Waals surface area contributed by atoms with E-state index in [1.54, 1.807) is 20.1 Å². The topological polar surface area (TPSA) is 43.1 Å². The average Bonchev–Trinajstić information content (AvgIpc) is 1.30. The van der Waals surface area contributed by atoms with Crippen LogP contribution >= 0.6 is 0 Å². The van der Waals surface area contributed by atoms with Gasteiger partial charge in [-0.3, -0.25) is 4.79 Å². The molecule has 0 unspecified atom stereocenters. The second-order valence-corrected chi connectivity index (χ2v) is 2.31. The van der Waals surface area contributed by atoms with E-state index >= 15 is 0 Å². The van der Waals surface area contributed by atoms with E-state index in [0.29, 0.717) is 6.42 Å². The molecule has 0 aromatic carbocycles. The van der Waals surface area contributed by atoms with E-state index in [2.05, 4.69) is 0 Å². The van der Waals surface area contributed by atoms with Gasteiger partial charge in [0, 0.05) is 12.0 Å². The van der Waals surface area contributed by atoms with Crippen molar-refractivity contribution in [2.45, 2.75) is 25.8 Å². The quantitative estimate of drug-likeness (QED) is 0.539. The maximum Gasteiger partial charge on any atom is 0.200 e. The molecule has 0 saturated carbocycles. The van der Waals surface area contributed by atoms with Gasteiger partial charge in [-0.05, 0) is 13.8 Å². The summed E-state index contributed by atoms with van der Waals surface area (Å²) in [6, 6.07) is 0. The maximum atomic E-state index is 9.62. The second-order valence-electron chi connectivity index (χ2n) is 2.31. The van der Waals surface area contributed by atoms with Crippen LogP contribution in [0.15, 0.2) is 0 Å². The van der Waals surface area contributed by atoms with Gasteiger partial charge in [-0.2, -0.15) is 0 Å². The Labute approximate surface area is 43.7 Å². The van der Waals surface area contributed by atoms with Gasteiger partial charge in [0.1, 0.15) is 0 Å². The number of nitrogens with two attached hydrogens (primary N) is 1. The third-order valence-corrected chi connectivity index (χ3v) is 0.528. The highest BCUT2D eigenvalue weighted by Crippen LogP contribution is 1.98. The fraction of sp³-hybridized carbons (Fsp3) is 0.800. The van der Waals surface area contributed by atoms with Crippen molar-refractivity contribution in [2.24, 2.45) is 5.73 Å². The monoisotopic (exact) mass is 100 g/mol. The minimum Gasteiger partial charge on any atom is -0.325 e. The SMILES string of the molecule is CC(C)(N)C[C]=O. The predicted molar refractivity (Wildman–Crippen MR) is 28.6 cm³/mol. The van der Waals surface area contributed by atoms with Crippen molar-refractivity contribution in [3.63, 3.8) is 0 Å². The van der Waals surface area contributed by atoms with Gasteiger partial charge >= 0.3 is 0 Å². The number of carbonyl (C=O) groups excluding carboxylic acids is 1. The van der Waals surface area contributed by atoms with Crippen LogP contribution in [0.5, 0.6) is 0 Å². The fourth-order valence-corrected chi connectivity index (χ4v) is 0.186. The summed E-state index contributed by atoms with van der Waals surface area (Å²) in [5.74, 6) is 0. The number of hydrogen-bond acceptors (Lipinski definition) is 2. The van der Waals surface area contributed by atoms with Crippen LogP contribution in [0.25, 0.3) is 0 Å². The highest BCUT2D eigenvalue weighted by Gasteiger charge is 2.08. The van der Waals surface area contributed by atoms with Gasteiger partial charge in [0.25, 0.3) is 0 Å². The summed E-state index contributed by atoms with van der Waals surface area (Å²) >= 11 is 0. The molecule has 1 radical (unpaired) electrons. The smallest absolute Gasteiger partial charge is 0.200 e. The summed E-state index contributed by atoms with van der Waals surface area (Å²) in [7, 11) is 0. The Morgan fingerprint density at radius 3 is 2.14 bits per heavy atom. The Morgan fingerprint density at radius 1 is 1.71 bits per heavy atom. The van der Waals surface area contributed by atoms with Crippen molar-refractivity contribution in [1.82, 2.24) is 0 Å². The molecule has 0 aromatic rings. The van der Waals surface area contributed by atoms with Crippen LogP contribution in [-0.2, 0) is 4.79 Å². The third kappa shape index (κ3) is 5.63. The molecule has 0 atom stereocenters. The third-order valence-electron chi connectivity index (χ3n) is 0.528. The zero-order chi connectivity index (χ0) is 5.91. The Hall–Kier alpha value is -0.370. The van der Waals surface area contributed by atoms with Gasteiger partial charge in [0.2, 0.25) is 0 Å². The molecule has 0 aromatic heterocycles. The lowest BCUT2D eigenvalue weighted by Crippen LogP contribution is -2.31. The van der Waals surface area contributed by atoms with Crippen molar-refractivity contribution >= 4 is 6.29 Å². The molecule has 0 amide bonds. The molecular formula is C5H10NO. The van der Waals surface area contributed by atoms with E-state index in [9.17, 15) is 4.79 Å². The Balaban J connectivity index is 3.34. The van der Waals surface area contributed by atoms with E-state index in [0.717, 1.165) is 0 Å². The van der Waals surface area contributed by atoms with E-state index < -0.39 is 0 Å². The predicted octanol–water partition coefficient (Wildman–Crippen LogP) is 0.223. The first-order valence-corrected chi connectivity index (χ1v) is 2.20.